The van der Waals surface area contributed by atoms with Crippen LogP contribution in [-0.2, 0) is 0 Å². The van der Waals surface area contributed by atoms with Crippen LogP contribution in [0, 0.1) is 5.95 Å². The summed E-state index contributed by atoms with van der Waals surface area (Å²) in [5, 5.41) is 0. The number of rotatable bonds is 2. The van der Waals surface area contributed by atoms with Gasteiger partial charge in [0.15, 0.2) is 6.29 Å². The van der Waals surface area contributed by atoms with E-state index in [0.29, 0.717) is 12.3 Å². The van der Waals surface area contributed by atoms with E-state index in [-0.39, 0.29) is 6.29 Å². The number of aldehydes is 1. The Balaban J connectivity index is 3.37. The van der Waals surface area contributed by atoms with Crippen molar-refractivity contribution >= 4 is 18.7 Å². The molecule has 0 aliphatic rings. The predicted molar refractivity (Wildman–Crippen MR) is 38.3 cm³/mol. The number of hydrogen-bond donors (Lipinski definition) is 0. The minimum Gasteiger partial charge on any atom is -0.445 e. The van der Waals surface area contributed by atoms with E-state index in [2.05, 4.69) is 4.98 Å². The molecule has 2 nitrogen and oxygen atoms in total. The average Bonchev–Trinajstić information content (AvgIpc) is 2.02. The van der Waals surface area contributed by atoms with E-state index in [4.69, 9.17) is 0 Å². The Kier molecular flexibility index (Phi) is 2.35. The van der Waals surface area contributed by atoms with Gasteiger partial charge in [0.05, 0.1) is 0 Å². The number of carbonyl (C=O) groups is 1. The summed E-state index contributed by atoms with van der Waals surface area (Å²) in [5.74, 6) is -1.40. The van der Waals surface area contributed by atoms with Crippen LogP contribution < -0.4 is 5.46 Å². The number of pyridine rings is 1. The summed E-state index contributed by atoms with van der Waals surface area (Å²) in [4.78, 5) is 13.1. The Bertz CT molecular complexity index is 338. The molecule has 0 atom stereocenters. The van der Waals surface area contributed by atoms with Gasteiger partial charge >= 0.3 is 6.98 Å². The molecule has 13 heavy (non-hydrogen) atoms. The zero-order valence-corrected chi connectivity index (χ0v) is 6.18. The third-order valence-electron chi connectivity index (χ3n) is 1.45. The highest BCUT2D eigenvalue weighted by Crippen LogP contribution is 2.11. The first-order valence-corrected chi connectivity index (χ1v) is 3.26. The quantitative estimate of drug-likeness (QED) is 0.303. The van der Waals surface area contributed by atoms with Crippen LogP contribution in [-0.4, -0.2) is 18.2 Å². The number of aromatic nitrogens is 1. The van der Waals surface area contributed by atoms with Crippen molar-refractivity contribution in [3.63, 3.8) is 0 Å². The Morgan fingerprint density at radius 2 is 2.00 bits per heavy atom. The minimum atomic E-state index is -5.37. The third-order valence-corrected chi connectivity index (χ3v) is 1.45. The molecule has 1 rings (SSSR count). The van der Waals surface area contributed by atoms with Gasteiger partial charge in [0.25, 0.3) is 0 Å². The van der Waals surface area contributed by atoms with Crippen molar-refractivity contribution in [2.45, 2.75) is 0 Å². The fourth-order valence-corrected chi connectivity index (χ4v) is 0.864. The van der Waals surface area contributed by atoms with Crippen molar-refractivity contribution in [2.75, 3.05) is 0 Å². The molecular weight excluding hydrogens is 189 g/mol. The van der Waals surface area contributed by atoms with Crippen molar-refractivity contribution in [3.05, 3.63) is 23.8 Å². The fraction of sp³-hybridized carbons (Fsp3) is 0. The number of halogens is 4. The van der Waals surface area contributed by atoms with Crippen LogP contribution in [0.25, 0.3) is 0 Å². The van der Waals surface area contributed by atoms with Gasteiger partial charge in [-0.15, -0.1) is 0 Å². The van der Waals surface area contributed by atoms with E-state index in [1.54, 1.807) is 0 Å². The predicted octanol–water partition coefficient (Wildman–Crippen LogP) is 1.09. The maximum atomic E-state index is 12.5. The molecular formula is C6H3BF4NO-. The third kappa shape index (κ3) is 1.85. The smallest absolute Gasteiger partial charge is 0.445 e. The van der Waals surface area contributed by atoms with Gasteiger partial charge in [0, 0.05) is 11.8 Å². The van der Waals surface area contributed by atoms with E-state index in [0.717, 1.165) is 0 Å². The van der Waals surface area contributed by atoms with Crippen LogP contribution in [0.5, 0.6) is 0 Å². The second-order valence-corrected chi connectivity index (χ2v) is 2.30. The van der Waals surface area contributed by atoms with Crippen LogP contribution >= 0.6 is 0 Å². The highest BCUT2D eigenvalue weighted by atomic mass is 19.4. The first-order chi connectivity index (χ1) is 5.96. The number of nitrogens with zero attached hydrogens (tertiary/aromatic N) is 1. The minimum absolute atomic E-state index is 0.188. The summed E-state index contributed by atoms with van der Waals surface area (Å²) in [6, 6.07) is 0.576. The lowest BCUT2D eigenvalue weighted by Crippen LogP contribution is -2.37. The zero-order valence-electron chi connectivity index (χ0n) is 6.18. The fourth-order valence-electron chi connectivity index (χ4n) is 0.864. The normalized spacial score (nSPS) is 11.4. The summed E-state index contributed by atoms with van der Waals surface area (Å²) in [5.41, 5.74) is -2.28. The summed E-state index contributed by atoms with van der Waals surface area (Å²) >= 11 is 0. The van der Waals surface area contributed by atoms with Gasteiger partial charge < -0.3 is 12.9 Å². The van der Waals surface area contributed by atoms with Crippen molar-refractivity contribution in [1.82, 2.24) is 4.98 Å². The molecule has 0 radical (unpaired) electrons. The van der Waals surface area contributed by atoms with Gasteiger partial charge in [-0.05, 0) is 0 Å². The lowest BCUT2D eigenvalue weighted by atomic mass is 9.78. The SMILES string of the molecule is O=Cc1c([B-](F)(F)F)ccnc1F. The molecule has 0 aliphatic heterocycles. The Hall–Kier alpha value is -1.40. The van der Waals surface area contributed by atoms with Gasteiger partial charge in [-0.3, -0.25) is 4.79 Å². The molecule has 0 unspecified atom stereocenters. The molecule has 0 saturated carbocycles. The van der Waals surface area contributed by atoms with Crippen LogP contribution in [0.15, 0.2) is 12.3 Å². The van der Waals surface area contributed by atoms with Crippen molar-refractivity contribution in [3.8, 4) is 0 Å². The summed E-state index contributed by atoms with van der Waals surface area (Å²) < 4.78 is 48.9. The molecule has 0 saturated heterocycles. The highest BCUT2D eigenvalue weighted by molar-refractivity contribution is 6.74. The van der Waals surface area contributed by atoms with E-state index < -0.39 is 24.0 Å². The topological polar surface area (TPSA) is 30.0 Å². The van der Waals surface area contributed by atoms with Gasteiger partial charge in [-0.1, -0.05) is 11.5 Å². The molecule has 0 N–H and O–H groups in total. The lowest BCUT2D eigenvalue weighted by Gasteiger charge is -2.16. The van der Waals surface area contributed by atoms with E-state index >= 15 is 0 Å². The van der Waals surface area contributed by atoms with Gasteiger partial charge in [-0.25, -0.2) is 4.98 Å². The van der Waals surface area contributed by atoms with Crippen LogP contribution in [0.4, 0.5) is 17.3 Å². The highest BCUT2D eigenvalue weighted by Gasteiger charge is 2.29. The molecule has 0 spiro atoms. The zero-order chi connectivity index (χ0) is 10.1. The van der Waals surface area contributed by atoms with Crippen molar-refractivity contribution < 1.29 is 22.1 Å². The van der Waals surface area contributed by atoms with Crippen LogP contribution in [0.1, 0.15) is 10.4 Å². The molecule has 7 heteroatoms. The maximum Gasteiger partial charge on any atom is 0.510 e. The van der Waals surface area contributed by atoms with Crippen molar-refractivity contribution in [1.29, 1.82) is 0 Å². The Morgan fingerprint density at radius 1 is 1.38 bits per heavy atom. The monoisotopic (exact) mass is 192 g/mol. The standard InChI is InChI=1S/C6H3BF4NO/c8-6-4(3-13)5(1-2-12-6)7(9,10)11/h1-3H/q-1. The van der Waals surface area contributed by atoms with E-state index in [1.165, 1.54) is 0 Å². The Morgan fingerprint density at radius 3 is 2.38 bits per heavy atom. The first-order valence-electron chi connectivity index (χ1n) is 3.26. The molecule has 0 bridgehead atoms. The maximum absolute atomic E-state index is 12.5. The molecule has 0 amide bonds. The summed E-state index contributed by atoms with van der Waals surface area (Å²) in [6.45, 7) is -5.37. The molecule has 1 aromatic rings. The molecule has 0 aromatic carbocycles. The lowest BCUT2D eigenvalue weighted by molar-refractivity contribution is 0.111. The molecule has 70 valence electrons. The number of carbonyl (C=O) groups excluding carboxylic acids is 1. The van der Waals surface area contributed by atoms with Crippen molar-refractivity contribution in [2.24, 2.45) is 0 Å². The van der Waals surface area contributed by atoms with Crippen LogP contribution in [0.3, 0.4) is 0 Å². The van der Waals surface area contributed by atoms with Gasteiger partial charge in [-0.2, -0.15) is 4.39 Å². The number of hydrogen-bond acceptors (Lipinski definition) is 2. The molecule has 1 heterocycles. The van der Waals surface area contributed by atoms with Crippen LogP contribution in [0.2, 0.25) is 0 Å². The van der Waals surface area contributed by atoms with Gasteiger partial charge in [0.1, 0.15) is 0 Å². The summed E-state index contributed by atoms with van der Waals surface area (Å²) in [6.07, 6.45) is 0.486. The van der Waals surface area contributed by atoms with E-state index in [9.17, 15) is 22.1 Å². The molecule has 0 aliphatic carbocycles. The Labute approximate surface area is 70.6 Å². The van der Waals surface area contributed by atoms with E-state index in [1.807, 2.05) is 0 Å². The average molecular weight is 192 g/mol. The second-order valence-electron chi connectivity index (χ2n) is 2.30. The largest absolute Gasteiger partial charge is 0.510 e. The second kappa shape index (κ2) is 3.16. The molecule has 1 aromatic heterocycles. The summed E-state index contributed by atoms with van der Waals surface area (Å²) in [7, 11) is 0. The first kappa shape index (κ1) is 9.69. The molecule has 0 fully saturated rings. The van der Waals surface area contributed by atoms with Gasteiger partial charge in [0.2, 0.25) is 5.95 Å².